The van der Waals surface area contributed by atoms with Crippen LogP contribution in [-0.4, -0.2) is 39.7 Å². The molecular formula is C22H33O4+. The predicted molar refractivity (Wildman–Crippen MR) is 105 cm³/mol. The first kappa shape index (κ1) is 20.7. The summed E-state index contributed by atoms with van der Waals surface area (Å²) in [4.78, 5) is 11.6. The summed E-state index contributed by atoms with van der Waals surface area (Å²) in [5.74, 6) is 0.473. The second kappa shape index (κ2) is 8.83. The molecule has 0 bridgehead atoms. The van der Waals surface area contributed by atoms with Crippen molar-refractivity contribution in [2.24, 2.45) is 11.8 Å². The first-order chi connectivity index (χ1) is 12.3. The maximum Gasteiger partial charge on any atom is 0.344 e. The lowest BCUT2D eigenvalue weighted by atomic mass is 9.94. The van der Waals surface area contributed by atoms with Gasteiger partial charge in [-0.05, 0) is 31.3 Å². The summed E-state index contributed by atoms with van der Waals surface area (Å²) in [7, 11) is 0. The van der Waals surface area contributed by atoms with Gasteiger partial charge in [0.15, 0.2) is 0 Å². The molecule has 4 heteroatoms. The Labute approximate surface area is 157 Å². The fraction of sp³-hybridized carbons (Fsp3) is 0.591. The molecule has 2 rings (SSSR count). The number of ether oxygens (including phenoxy) is 2. The standard InChI is InChI=1S/C22H32O4/c1-6-15(2)11-9-12-17(4)14-16(3)10-7-8-13-18-22(5)20(26-22)19(23)21(24)25-18/h7-13,15-16,18-20,23H,6,14H2,1-5H3/p+1/b10-7+,11-9+,13-8+,17-12+. The highest BCUT2D eigenvalue weighted by molar-refractivity contribution is 5.78. The summed E-state index contributed by atoms with van der Waals surface area (Å²) in [6.45, 7) is 10.7. The van der Waals surface area contributed by atoms with Crippen LogP contribution in [0.1, 0.15) is 47.5 Å². The lowest BCUT2D eigenvalue weighted by Gasteiger charge is -2.19. The van der Waals surface area contributed by atoms with E-state index in [4.69, 9.17) is 4.74 Å². The highest BCUT2D eigenvalue weighted by Crippen LogP contribution is 2.43. The molecule has 0 aliphatic carbocycles. The third-order valence-electron chi connectivity index (χ3n) is 5.25. The van der Waals surface area contributed by atoms with E-state index in [9.17, 15) is 9.90 Å². The highest BCUT2D eigenvalue weighted by Gasteiger charge is 2.75. The topological polar surface area (TPSA) is 59.3 Å². The molecule has 2 fully saturated rings. The van der Waals surface area contributed by atoms with Gasteiger partial charge in [0.05, 0.1) is 0 Å². The van der Waals surface area contributed by atoms with Crippen molar-refractivity contribution < 1.29 is 19.4 Å². The van der Waals surface area contributed by atoms with Gasteiger partial charge in [0.1, 0.15) is 0 Å². The fourth-order valence-corrected chi connectivity index (χ4v) is 3.18. The maximum atomic E-state index is 11.6. The van der Waals surface area contributed by atoms with E-state index in [1.807, 2.05) is 25.2 Å². The number of fused-ring (bicyclic) bond motifs is 1. The zero-order valence-corrected chi connectivity index (χ0v) is 16.6. The second-order valence-corrected chi connectivity index (χ2v) is 7.84. The Balaban J connectivity index is 1.81. The van der Waals surface area contributed by atoms with Crippen LogP contribution in [0.25, 0.3) is 0 Å². The number of esters is 1. The number of rotatable bonds is 8. The molecule has 0 saturated carbocycles. The zero-order valence-electron chi connectivity index (χ0n) is 16.6. The van der Waals surface area contributed by atoms with Crippen LogP contribution < -0.4 is 0 Å². The van der Waals surface area contributed by atoms with Crippen LogP contribution in [0.4, 0.5) is 0 Å². The molecule has 0 spiro atoms. The molecule has 6 unspecified atom stereocenters. The lowest BCUT2D eigenvalue weighted by molar-refractivity contribution is -0.162. The minimum absolute atomic E-state index is 0.322. The van der Waals surface area contributed by atoms with Gasteiger partial charge < -0.3 is 14.6 Å². The van der Waals surface area contributed by atoms with Gasteiger partial charge in [-0.15, -0.1) is 0 Å². The number of hydrogen-bond acceptors (Lipinski definition) is 3. The minimum Gasteiger partial charge on any atom is -0.447 e. The Morgan fingerprint density at radius 1 is 1.27 bits per heavy atom. The second-order valence-electron chi connectivity index (χ2n) is 7.84. The average molecular weight is 362 g/mol. The van der Waals surface area contributed by atoms with Crippen LogP contribution in [0.3, 0.4) is 0 Å². The number of carbonyl (C=O) groups is 1. The summed E-state index contributed by atoms with van der Waals surface area (Å²) in [6.07, 6.45) is 14.8. The molecule has 0 aromatic carbocycles. The molecule has 144 valence electrons. The van der Waals surface area contributed by atoms with Crippen LogP contribution in [0.15, 0.2) is 48.1 Å². The summed E-state index contributed by atoms with van der Waals surface area (Å²) >= 11 is 0. The van der Waals surface area contributed by atoms with E-state index in [-0.39, 0.29) is 6.10 Å². The zero-order chi connectivity index (χ0) is 19.3. The predicted octanol–water partition coefficient (Wildman–Crippen LogP) is 3.63. The lowest BCUT2D eigenvalue weighted by Crippen LogP contribution is -2.46. The van der Waals surface area contributed by atoms with Gasteiger partial charge in [0, 0.05) is 6.92 Å². The van der Waals surface area contributed by atoms with E-state index >= 15 is 0 Å². The van der Waals surface area contributed by atoms with Gasteiger partial charge >= 0.3 is 5.97 Å². The van der Waals surface area contributed by atoms with Gasteiger partial charge in [-0.1, -0.05) is 69.2 Å². The van der Waals surface area contributed by atoms with Gasteiger partial charge in [0.2, 0.25) is 12.2 Å². The van der Waals surface area contributed by atoms with E-state index in [2.05, 4.69) is 56.7 Å². The van der Waals surface area contributed by atoms with E-state index in [0.717, 1.165) is 12.8 Å². The molecule has 4 nitrogen and oxygen atoms in total. The van der Waals surface area contributed by atoms with Crippen molar-refractivity contribution in [1.82, 2.24) is 0 Å². The quantitative estimate of drug-likeness (QED) is 0.311. The molecule has 0 amide bonds. The Morgan fingerprint density at radius 3 is 2.65 bits per heavy atom. The van der Waals surface area contributed by atoms with Crippen molar-refractivity contribution in [2.75, 3.05) is 0 Å². The third kappa shape index (κ3) is 5.18. The smallest absolute Gasteiger partial charge is 0.344 e. The Hall–Kier alpha value is -1.65. The minimum atomic E-state index is -1.11. The monoisotopic (exact) mass is 361 g/mol. The Morgan fingerprint density at radius 2 is 1.96 bits per heavy atom. The van der Waals surface area contributed by atoms with E-state index in [0.29, 0.717) is 11.8 Å². The molecule has 0 radical (unpaired) electrons. The SMILES string of the molecule is CCC(C)/C=C/C=C(\C)CC(C)/C=C/C=C/C1OC(=O)C(O)C2[OH+]C12C. The number of cyclic esters (lactones) is 1. The molecule has 6 atom stereocenters. The number of allylic oxidation sites excluding steroid dienone is 7. The Bertz CT molecular complexity index is 616. The van der Waals surface area contributed by atoms with E-state index < -0.39 is 23.8 Å². The van der Waals surface area contributed by atoms with E-state index in [1.54, 1.807) is 0 Å². The largest absolute Gasteiger partial charge is 0.447 e. The van der Waals surface area contributed by atoms with Crippen LogP contribution >= 0.6 is 0 Å². The molecule has 0 aromatic heterocycles. The molecule has 2 aliphatic heterocycles. The summed E-state index contributed by atoms with van der Waals surface area (Å²) < 4.78 is 9.59. The van der Waals surface area contributed by atoms with Crippen molar-refractivity contribution >= 4 is 5.97 Å². The highest BCUT2D eigenvalue weighted by atomic mass is 16.7. The van der Waals surface area contributed by atoms with Gasteiger partial charge in [0.25, 0.3) is 11.7 Å². The van der Waals surface area contributed by atoms with Crippen molar-refractivity contribution in [1.29, 1.82) is 0 Å². The van der Waals surface area contributed by atoms with Crippen molar-refractivity contribution in [3.63, 3.8) is 0 Å². The fourth-order valence-electron chi connectivity index (χ4n) is 3.18. The molecule has 2 saturated heterocycles. The van der Waals surface area contributed by atoms with Crippen LogP contribution in [0.2, 0.25) is 0 Å². The summed E-state index contributed by atoms with van der Waals surface area (Å²) in [5.41, 5.74) is 0.887. The first-order valence-electron chi connectivity index (χ1n) is 9.57. The molecule has 2 heterocycles. The molecule has 26 heavy (non-hydrogen) atoms. The maximum absolute atomic E-state index is 11.6. The van der Waals surface area contributed by atoms with Gasteiger partial charge in [-0.25, -0.2) is 4.79 Å². The number of hydrogen-bond donors (Lipinski definition) is 1. The third-order valence-corrected chi connectivity index (χ3v) is 5.25. The van der Waals surface area contributed by atoms with Crippen molar-refractivity contribution in [3.8, 4) is 0 Å². The average Bonchev–Trinajstić information content (AvgIpc) is 3.29. The van der Waals surface area contributed by atoms with Crippen LogP contribution in [-0.2, 0) is 9.53 Å². The van der Waals surface area contributed by atoms with Crippen molar-refractivity contribution in [3.05, 3.63) is 48.1 Å². The number of epoxide rings is 1. The normalized spacial score (nSPS) is 34.3. The molecule has 2 N–H and O–H groups in total. The van der Waals surface area contributed by atoms with E-state index in [1.165, 1.54) is 5.57 Å². The van der Waals surface area contributed by atoms with Gasteiger partial charge in [-0.2, -0.15) is 0 Å². The summed E-state index contributed by atoms with van der Waals surface area (Å²) in [5, 5.41) is 9.69. The van der Waals surface area contributed by atoms with Crippen molar-refractivity contribution in [2.45, 2.75) is 71.4 Å². The summed E-state index contributed by atoms with van der Waals surface area (Å²) in [6, 6.07) is 0. The Kier molecular flexibility index (Phi) is 7.01. The van der Waals surface area contributed by atoms with Gasteiger partial charge in [-0.3, -0.25) is 0 Å². The number of aliphatic hydroxyl groups is 3. The first-order valence-corrected chi connectivity index (χ1v) is 9.57. The van der Waals surface area contributed by atoms with Crippen LogP contribution in [0.5, 0.6) is 0 Å². The molecule has 0 aromatic rings. The molecule has 2 aliphatic rings. The number of aliphatic hydroxyl groups excluding tert-OH is 1. The molecular weight excluding hydrogens is 328 g/mol. The number of carbonyl (C=O) groups excluding carboxylic acids is 1. The van der Waals surface area contributed by atoms with Crippen LogP contribution in [0, 0.1) is 11.8 Å².